The van der Waals surface area contributed by atoms with E-state index in [9.17, 15) is 9.59 Å². The van der Waals surface area contributed by atoms with E-state index in [2.05, 4.69) is 5.32 Å². The minimum atomic E-state index is -0.290. The Kier molecular flexibility index (Phi) is 5.99. The number of anilines is 1. The first kappa shape index (κ1) is 19.6. The van der Waals surface area contributed by atoms with E-state index in [1.807, 2.05) is 30.3 Å². The van der Waals surface area contributed by atoms with E-state index >= 15 is 0 Å². The van der Waals surface area contributed by atoms with Gasteiger partial charge in [-0.25, -0.2) is 4.68 Å². The fourth-order valence-electron chi connectivity index (χ4n) is 2.62. The summed E-state index contributed by atoms with van der Waals surface area (Å²) in [7, 11) is 1.78. The molecule has 0 unspecified atom stereocenters. The highest BCUT2D eigenvalue weighted by Gasteiger charge is 2.18. The van der Waals surface area contributed by atoms with Gasteiger partial charge in [0.2, 0.25) is 5.91 Å². The highest BCUT2D eigenvalue weighted by molar-refractivity contribution is 8.00. The van der Waals surface area contributed by atoms with Gasteiger partial charge in [-0.2, -0.15) is 0 Å². The second kappa shape index (κ2) is 8.25. The SMILES string of the molecule is Cc1c(NC(=O)CSc2cc(Cl)ccc2Cl)c(=O)n(-c2ccccc2)n1C. The molecule has 3 aromatic rings. The van der Waals surface area contributed by atoms with Gasteiger partial charge >= 0.3 is 0 Å². The van der Waals surface area contributed by atoms with Crippen LogP contribution in [0.2, 0.25) is 10.0 Å². The molecule has 3 rings (SSSR count). The Morgan fingerprint density at radius 2 is 1.85 bits per heavy atom. The quantitative estimate of drug-likeness (QED) is 0.615. The molecule has 140 valence electrons. The van der Waals surface area contributed by atoms with Crippen molar-refractivity contribution in [3.63, 3.8) is 0 Å². The molecule has 0 saturated heterocycles. The molecule has 0 aliphatic carbocycles. The zero-order valence-corrected chi connectivity index (χ0v) is 17.0. The smallest absolute Gasteiger partial charge is 0.295 e. The molecule has 1 aromatic heterocycles. The third kappa shape index (κ3) is 4.24. The lowest BCUT2D eigenvalue weighted by molar-refractivity contribution is -0.113. The third-order valence-electron chi connectivity index (χ3n) is 4.07. The summed E-state index contributed by atoms with van der Waals surface area (Å²) in [6.45, 7) is 1.79. The number of hydrogen-bond acceptors (Lipinski definition) is 3. The molecule has 0 bridgehead atoms. The number of carbonyl (C=O) groups excluding carboxylic acids is 1. The fourth-order valence-corrected chi connectivity index (χ4v) is 3.91. The molecule has 1 heterocycles. The number of para-hydroxylation sites is 1. The van der Waals surface area contributed by atoms with E-state index in [0.717, 1.165) is 5.69 Å². The zero-order chi connectivity index (χ0) is 19.6. The number of nitrogens with one attached hydrogen (secondary N) is 1. The van der Waals surface area contributed by atoms with Gasteiger partial charge < -0.3 is 5.32 Å². The lowest BCUT2D eigenvalue weighted by Crippen LogP contribution is -2.23. The Labute approximate surface area is 170 Å². The van der Waals surface area contributed by atoms with Crippen LogP contribution in [0.3, 0.4) is 0 Å². The van der Waals surface area contributed by atoms with Gasteiger partial charge in [0.15, 0.2) is 0 Å². The summed E-state index contributed by atoms with van der Waals surface area (Å²) in [5.74, 6) is -0.179. The number of halogens is 2. The maximum Gasteiger partial charge on any atom is 0.295 e. The van der Waals surface area contributed by atoms with E-state index in [1.165, 1.54) is 16.4 Å². The first-order chi connectivity index (χ1) is 12.9. The summed E-state index contributed by atoms with van der Waals surface area (Å²) in [5, 5.41) is 3.80. The van der Waals surface area contributed by atoms with Crippen molar-refractivity contribution in [2.24, 2.45) is 7.05 Å². The molecule has 0 fully saturated rings. The van der Waals surface area contributed by atoms with E-state index in [0.29, 0.717) is 20.6 Å². The van der Waals surface area contributed by atoms with Gasteiger partial charge in [0.1, 0.15) is 5.69 Å². The van der Waals surface area contributed by atoms with Crippen LogP contribution in [-0.4, -0.2) is 21.0 Å². The highest BCUT2D eigenvalue weighted by atomic mass is 35.5. The number of thioether (sulfide) groups is 1. The Morgan fingerprint density at radius 3 is 2.56 bits per heavy atom. The summed E-state index contributed by atoms with van der Waals surface area (Å²) in [5.41, 5.74) is 1.39. The van der Waals surface area contributed by atoms with Crippen molar-refractivity contribution in [3.05, 3.63) is 74.6 Å². The topological polar surface area (TPSA) is 56.0 Å². The standard InChI is InChI=1S/C19H17Cl2N3O2S/c1-12-18(19(26)24(23(12)2)14-6-4-3-5-7-14)22-17(25)11-27-16-10-13(20)8-9-15(16)21/h3-10H,11H2,1-2H3,(H,22,25). The van der Waals surface area contributed by atoms with E-state index < -0.39 is 0 Å². The van der Waals surface area contributed by atoms with Crippen molar-refractivity contribution in [1.29, 1.82) is 0 Å². The predicted molar refractivity (Wildman–Crippen MR) is 112 cm³/mol. The summed E-state index contributed by atoms with van der Waals surface area (Å²) < 4.78 is 3.24. The molecule has 0 aliphatic heterocycles. The minimum Gasteiger partial charge on any atom is -0.319 e. The van der Waals surface area contributed by atoms with Gasteiger partial charge in [-0.1, -0.05) is 41.4 Å². The number of hydrogen-bond donors (Lipinski definition) is 1. The van der Waals surface area contributed by atoms with Crippen LogP contribution in [-0.2, 0) is 11.8 Å². The molecule has 27 heavy (non-hydrogen) atoms. The number of amides is 1. The third-order valence-corrected chi connectivity index (χ3v) is 5.80. The Balaban J connectivity index is 1.79. The van der Waals surface area contributed by atoms with Crippen LogP contribution in [0.4, 0.5) is 5.69 Å². The number of aromatic nitrogens is 2. The Hall–Kier alpha value is -2.15. The van der Waals surface area contributed by atoms with Crippen molar-refractivity contribution < 1.29 is 4.79 Å². The van der Waals surface area contributed by atoms with Gasteiger partial charge in [0.25, 0.3) is 5.56 Å². The van der Waals surface area contributed by atoms with E-state index in [-0.39, 0.29) is 22.9 Å². The molecule has 0 saturated carbocycles. The molecule has 1 amide bonds. The van der Waals surface area contributed by atoms with Crippen LogP contribution in [0, 0.1) is 6.92 Å². The Morgan fingerprint density at radius 1 is 1.15 bits per heavy atom. The van der Waals surface area contributed by atoms with Crippen LogP contribution in [0.15, 0.2) is 58.2 Å². The predicted octanol–water partition coefficient (Wildman–Crippen LogP) is 4.52. The summed E-state index contributed by atoms with van der Waals surface area (Å²) in [4.78, 5) is 25.9. The monoisotopic (exact) mass is 421 g/mol. The van der Waals surface area contributed by atoms with Crippen molar-refractivity contribution in [2.45, 2.75) is 11.8 Å². The maximum absolute atomic E-state index is 12.8. The molecule has 0 radical (unpaired) electrons. The molecular weight excluding hydrogens is 405 g/mol. The van der Waals surface area contributed by atoms with Crippen molar-refractivity contribution in [3.8, 4) is 5.69 Å². The van der Waals surface area contributed by atoms with E-state index in [1.54, 1.807) is 36.9 Å². The second-order valence-corrected chi connectivity index (χ2v) is 7.71. The molecule has 0 aliphatic rings. The lowest BCUT2D eigenvalue weighted by atomic mass is 10.3. The van der Waals surface area contributed by atoms with Gasteiger partial charge in [-0.05, 0) is 37.3 Å². The van der Waals surface area contributed by atoms with Crippen LogP contribution < -0.4 is 10.9 Å². The molecule has 5 nitrogen and oxygen atoms in total. The first-order valence-electron chi connectivity index (χ1n) is 8.10. The summed E-state index contributed by atoms with van der Waals surface area (Å²) in [6, 6.07) is 14.3. The highest BCUT2D eigenvalue weighted by Crippen LogP contribution is 2.29. The largest absolute Gasteiger partial charge is 0.319 e. The zero-order valence-electron chi connectivity index (χ0n) is 14.7. The van der Waals surface area contributed by atoms with Crippen LogP contribution >= 0.6 is 35.0 Å². The lowest BCUT2D eigenvalue weighted by Gasteiger charge is -2.07. The molecule has 8 heteroatoms. The van der Waals surface area contributed by atoms with Gasteiger partial charge in [-0.3, -0.25) is 14.3 Å². The fraction of sp³-hybridized carbons (Fsp3) is 0.158. The first-order valence-corrected chi connectivity index (χ1v) is 9.84. The molecule has 0 atom stereocenters. The molecule has 0 spiro atoms. The minimum absolute atomic E-state index is 0.110. The average molecular weight is 422 g/mol. The van der Waals surface area contributed by atoms with Crippen molar-refractivity contribution >= 4 is 46.6 Å². The maximum atomic E-state index is 12.8. The van der Waals surface area contributed by atoms with Crippen LogP contribution in [0.1, 0.15) is 5.69 Å². The number of benzene rings is 2. The summed E-state index contributed by atoms with van der Waals surface area (Å²) in [6.07, 6.45) is 0. The number of nitrogens with zero attached hydrogens (tertiary/aromatic N) is 2. The summed E-state index contributed by atoms with van der Waals surface area (Å²) >= 11 is 13.3. The molecular formula is C19H17Cl2N3O2S. The van der Waals surface area contributed by atoms with Gasteiger partial charge in [0.05, 0.1) is 22.2 Å². The van der Waals surface area contributed by atoms with E-state index in [4.69, 9.17) is 23.2 Å². The van der Waals surface area contributed by atoms with Crippen molar-refractivity contribution in [2.75, 3.05) is 11.1 Å². The van der Waals surface area contributed by atoms with Crippen LogP contribution in [0.5, 0.6) is 0 Å². The average Bonchev–Trinajstić information content (AvgIpc) is 2.86. The van der Waals surface area contributed by atoms with Gasteiger partial charge in [0, 0.05) is 17.0 Å². The van der Waals surface area contributed by atoms with Crippen molar-refractivity contribution in [1.82, 2.24) is 9.36 Å². The Bertz CT molecular complexity index is 1050. The van der Waals surface area contributed by atoms with Gasteiger partial charge in [-0.15, -0.1) is 11.8 Å². The number of rotatable bonds is 5. The second-order valence-electron chi connectivity index (χ2n) is 5.85. The molecule has 2 aromatic carbocycles. The number of carbonyl (C=O) groups is 1. The van der Waals surface area contributed by atoms with Crippen LogP contribution in [0.25, 0.3) is 5.69 Å². The molecule has 1 N–H and O–H groups in total. The normalized spacial score (nSPS) is 10.8.